The predicted octanol–water partition coefficient (Wildman–Crippen LogP) is 1.42. The van der Waals surface area contributed by atoms with E-state index in [-0.39, 0.29) is 0 Å². The molecule has 1 aromatic carbocycles. The zero-order valence-corrected chi connectivity index (χ0v) is 14.9. The lowest BCUT2D eigenvalue weighted by Gasteiger charge is -2.45. The van der Waals surface area contributed by atoms with Gasteiger partial charge < -0.3 is 19.8 Å². The predicted molar refractivity (Wildman–Crippen MR) is 93.5 cm³/mol. The van der Waals surface area contributed by atoms with Gasteiger partial charge in [0, 0.05) is 25.6 Å². The van der Waals surface area contributed by atoms with Crippen LogP contribution in [0, 0.1) is 11.3 Å². The largest absolute Gasteiger partial charge is 0.390 e. The Hall–Kier alpha value is -1.63. The molecule has 24 heavy (non-hydrogen) atoms. The summed E-state index contributed by atoms with van der Waals surface area (Å²) in [6.07, 6.45) is 0. The third-order valence-corrected chi connectivity index (χ3v) is 4.78. The topological polar surface area (TPSA) is 88.3 Å². The van der Waals surface area contributed by atoms with E-state index in [9.17, 15) is 10.2 Å². The number of rotatable bonds is 5. The van der Waals surface area contributed by atoms with Gasteiger partial charge in [-0.05, 0) is 45.4 Å². The molecule has 0 aliphatic carbocycles. The number of likely N-dealkylation sites (tertiary alicyclic amines) is 1. The Kier molecular flexibility index (Phi) is 4.10. The summed E-state index contributed by atoms with van der Waals surface area (Å²) in [5.74, 6) is 0.327. The number of hydrogen-bond donors (Lipinski definition) is 4. The van der Waals surface area contributed by atoms with Gasteiger partial charge >= 0.3 is 0 Å². The summed E-state index contributed by atoms with van der Waals surface area (Å²) in [6, 6.07) is 6.16. The second-order valence-corrected chi connectivity index (χ2v) is 8.27. The molecule has 2 aromatic rings. The zero-order chi connectivity index (χ0) is 17.7. The molecule has 0 saturated carbocycles. The van der Waals surface area contributed by atoms with Crippen LogP contribution in [0.3, 0.4) is 0 Å². The van der Waals surface area contributed by atoms with Gasteiger partial charge in [0.05, 0.1) is 28.8 Å². The molecule has 4 N–H and O–H groups in total. The van der Waals surface area contributed by atoms with Gasteiger partial charge in [-0.25, -0.2) is 0 Å². The monoisotopic (exact) mass is 332 g/mol. The van der Waals surface area contributed by atoms with E-state index in [2.05, 4.69) is 22.0 Å². The van der Waals surface area contributed by atoms with E-state index in [1.807, 2.05) is 24.5 Å². The maximum absolute atomic E-state index is 10.1. The summed E-state index contributed by atoms with van der Waals surface area (Å²) < 4.78 is 1.81. The van der Waals surface area contributed by atoms with E-state index in [4.69, 9.17) is 5.41 Å². The molecule has 0 atom stereocenters. The van der Waals surface area contributed by atoms with Gasteiger partial charge in [-0.1, -0.05) is 6.07 Å². The maximum atomic E-state index is 10.1. The minimum Gasteiger partial charge on any atom is -0.390 e. The molecule has 1 aromatic heterocycles. The second kappa shape index (κ2) is 5.72. The second-order valence-electron chi connectivity index (χ2n) is 8.27. The molecular formula is C18H28N4O2. The van der Waals surface area contributed by atoms with E-state index < -0.39 is 11.2 Å². The third-order valence-electron chi connectivity index (χ3n) is 4.78. The highest BCUT2D eigenvalue weighted by Crippen LogP contribution is 2.28. The van der Waals surface area contributed by atoms with Crippen molar-refractivity contribution in [2.75, 3.05) is 13.1 Å². The fraction of sp³-hybridized carbons (Fsp3) is 0.611. The number of hydrogen-bond acceptors (Lipinski definition) is 4. The lowest BCUT2D eigenvalue weighted by atomic mass is 9.84. The molecule has 0 spiro atoms. The van der Waals surface area contributed by atoms with Crippen molar-refractivity contribution in [3.8, 4) is 0 Å². The first kappa shape index (κ1) is 17.2. The van der Waals surface area contributed by atoms with Crippen LogP contribution in [0.2, 0.25) is 0 Å². The summed E-state index contributed by atoms with van der Waals surface area (Å²) >= 11 is 0. The minimum atomic E-state index is -0.872. The van der Waals surface area contributed by atoms with E-state index in [0.717, 1.165) is 30.7 Å². The molecule has 1 saturated heterocycles. The van der Waals surface area contributed by atoms with Crippen molar-refractivity contribution in [2.45, 2.75) is 52.0 Å². The van der Waals surface area contributed by atoms with Crippen molar-refractivity contribution in [3.63, 3.8) is 0 Å². The van der Waals surface area contributed by atoms with Gasteiger partial charge in [-0.3, -0.25) is 10.3 Å². The molecule has 6 nitrogen and oxygen atoms in total. The van der Waals surface area contributed by atoms with Crippen LogP contribution >= 0.6 is 0 Å². The first-order valence-electron chi connectivity index (χ1n) is 8.46. The van der Waals surface area contributed by atoms with Crippen LogP contribution in [-0.2, 0) is 13.1 Å². The molecule has 2 heterocycles. The van der Waals surface area contributed by atoms with E-state index in [1.54, 1.807) is 13.8 Å². The Bertz CT molecular complexity index is 786. The quantitative estimate of drug-likeness (QED) is 0.668. The Balaban J connectivity index is 1.79. The van der Waals surface area contributed by atoms with Gasteiger partial charge in [0.2, 0.25) is 0 Å². The van der Waals surface area contributed by atoms with Gasteiger partial charge in [0.25, 0.3) is 0 Å². The number of benzene rings is 1. The summed E-state index contributed by atoms with van der Waals surface area (Å²) in [4.78, 5) is 5.37. The molecule has 6 heteroatoms. The van der Waals surface area contributed by atoms with Gasteiger partial charge in [-0.2, -0.15) is 0 Å². The summed E-state index contributed by atoms with van der Waals surface area (Å²) in [7, 11) is 0. The van der Waals surface area contributed by atoms with Crippen LogP contribution in [-0.4, -0.2) is 49.0 Å². The fourth-order valence-corrected chi connectivity index (χ4v) is 3.28. The van der Waals surface area contributed by atoms with Gasteiger partial charge in [0.1, 0.15) is 0 Å². The first-order chi connectivity index (χ1) is 11.0. The minimum absolute atomic E-state index is 0.301. The van der Waals surface area contributed by atoms with Crippen molar-refractivity contribution in [1.29, 1.82) is 5.41 Å². The Morgan fingerprint density at radius 3 is 2.46 bits per heavy atom. The number of aromatic nitrogens is 2. The van der Waals surface area contributed by atoms with Crippen molar-refractivity contribution >= 4 is 11.0 Å². The molecule has 1 aliphatic rings. The van der Waals surface area contributed by atoms with Gasteiger partial charge in [0.15, 0.2) is 5.62 Å². The third kappa shape index (κ3) is 3.55. The molecule has 0 bridgehead atoms. The highest BCUT2D eigenvalue weighted by Gasteiger charge is 2.37. The standard InChI is InChI=1S/C18H28N4O2/c1-17(2,23)11-22-15-7-12(5-6-14(15)20-16(22)19)8-21-9-13(10-21)18(3,4)24/h5-7,13,23-24H,8-11H2,1-4H3,(H2,19,20). The molecule has 1 aliphatic heterocycles. The smallest absolute Gasteiger partial charge is 0.200 e. The SMILES string of the molecule is CC(C)(O)Cn1c(=N)[nH]c2ccc(CN3CC(C(C)(C)O)C3)cc21. The zero-order valence-electron chi connectivity index (χ0n) is 14.9. The highest BCUT2D eigenvalue weighted by molar-refractivity contribution is 5.76. The normalized spacial score (nSPS) is 17.4. The number of imidazole rings is 1. The fourth-order valence-electron chi connectivity index (χ4n) is 3.28. The van der Waals surface area contributed by atoms with Crippen LogP contribution in [0.4, 0.5) is 0 Å². The molecule has 132 valence electrons. The van der Waals surface area contributed by atoms with Gasteiger partial charge in [-0.15, -0.1) is 0 Å². The van der Waals surface area contributed by atoms with Crippen LogP contribution in [0.15, 0.2) is 18.2 Å². The van der Waals surface area contributed by atoms with Crippen molar-refractivity contribution in [1.82, 2.24) is 14.5 Å². The van der Waals surface area contributed by atoms with E-state index >= 15 is 0 Å². The van der Waals surface area contributed by atoms with Crippen molar-refractivity contribution in [3.05, 3.63) is 29.4 Å². The molecule has 0 radical (unpaired) electrons. The lowest BCUT2D eigenvalue weighted by molar-refractivity contribution is -0.0647. The molecule has 3 rings (SSSR count). The molecule has 0 amide bonds. The number of nitrogens with zero attached hydrogens (tertiary/aromatic N) is 2. The number of nitrogens with one attached hydrogen (secondary N) is 2. The van der Waals surface area contributed by atoms with Crippen LogP contribution in [0.25, 0.3) is 11.0 Å². The first-order valence-corrected chi connectivity index (χ1v) is 8.46. The van der Waals surface area contributed by atoms with Crippen LogP contribution in [0.5, 0.6) is 0 Å². The summed E-state index contributed by atoms with van der Waals surface area (Å²) in [5.41, 5.74) is 1.85. The maximum Gasteiger partial charge on any atom is 0.200 e. The Labute approximate surface area is 142 Å². The molecule has 0 unspecified atom stereocenters. The van der Waals surface area contributed by atoms with E-state index in [1.165, 1.54) is 5.56 Å². The number of aromatic amines is 1. The Morgan fingerprint density at radius 1 is 1.21 bits per heavy atom. The molecular weight excluding hydrogens is 304 g/mol. The molecule has 1 fully saturated rings. The average Bonchev–Trinajstić information content (AvgIpc) is 2.66. The van der Waals surface area contributed by atoms with E-state index in [0.29, 0.717) is 18.1 Å². The summed E-state index contributed by atoms with van der Waals surface area (Å²) in [5, 5.41) is 28.2. The lowest BCUT2D eigenvalue weighted by Crippen LogP contribution is -2.55. The number of H-pyrrole nitrogens is 1. The van der Waals surface area contributed by atoms with Crippen molar-refractivity contribution in [2.24, 2.45) is 5.92 Å². The number of fused-ring (bicyclic) bond motifs is 1. The average molecular weight is 332 g/mol. The highest BCUT2D eigenvalue weighted by atomic mass is 16.3. The Morgan fingerprint density at radius 2 is 1.88 bits per heavy atom. The number of aliphatic hydroxyl groups is 2. The van der Waals surface area contributed by atoms with Crippen molar-refractivity contribution < 1.29 is 10.2 Å². The van der Waals surface area contributed by atoms with Crippen LogP contribution in [0.1, 0.15) is 33.3 Å². The van der Waals surface area contributed by atoms with Crippen LogP contribution < -0.4 is 5.62 Å². The summed E-state index contributed by atoms with van der Waals surface area (Å²) in [6.45, 7) is 10.3.